The van der Waals surface area contributed by atoms with Crippen molar-refractivity contribution >= 4 is 23.7 Å². The zero-order valence-electron chi connectivity index (χ0n) is 13.6. The molecule has 0 aliphatic heterocycles. The van der Waals surface area contributed by atoms with Crippen LogP contribution in [0.1, 0.15) is 21.9 Å². The van der Waals surface area contributed by atoms with Crippen LogP contribution in [0.5, 0.6) is 5.75 Å². The number of halogens is 1. The van der Waals surface area contributed by atoms with Gasteiger partial charge in [-0.15, -0.1) is 0 Å². The van der Waals surface area contributed by atoms with Crippen molar-refractivity contribution in [3.05, 3.63) is 64.8 Å². The molecular weight excluding hydrogens is 344 g/mol. The maximum absolute atomic E-state index is 11.9. The van der Waals surface area contributed by atoms with Gasteiger partial charge < -0.3 is 13.6 Å². The van der Waals surface area contributed by atoms with E-state index in [1.165, 1.54) is 12.5 Å². The first-order valence-corrected chi connectivity index (χ1v) is 7.77. The Labute approximate surface area is 149 Å². The van der Waals surface area contributed by atoms with E-state index in [9.17, 15) is 4.79 Å². The van der Waals surface area contributed by atoms with Crippen LogP contribution in [0.3, 0.4) is 0 Å². The van der Waals surface area contributed by atoms with Crippen molar-refractivity contribution < 1.29 is 18.4 Å². The van der Waals surface area contributed by atoms with Crippen LogP contribution in [-0.4, -0.2) is 19.2 Å². The van der Waals surface area contributed by atoms with E-state index in [0.29, 0.717) is 33.6 Å². The third-order valence-electron chi connectivity index (χ3n) is 3.52. The Hall–Kier alpha value is -2.99. The molecule has 0 aliphatic rings. The number of benzene rings is 1. The minimum absolute atomic E-state index is 0.351. The second-order valence-electron chi connectivity index (χ2n) is 5.14. The van der Waals surface area contributed by atoms with Gasteiger partial charge in [-0.3, -0.25) is 4.79 Å². The number of furan rings is 2. The lowest BCUT2D eigenvalue weighted by molar-refractivity contribution is 0.0953. The van der Waals surface area contributed by atoms with Gasteiger partial charge in [0, 0.05) is 5.56 Å². The highest BCUT2D eigenvalue weighted by Gasteiger charge is 2.10. The van der Waals surface area contributed by atoms with Crippen molar-refractivity contribution in [2.75, 3.05) is 7.11 Å². The minimum Gasteiger partial charge on any atom is -0.495 e. The molecule has 6 nitrogen and oxygen atoms in total. The Bertz CT molecular complexity index is 927. The number of nitrogens with zero attached hydrogens (tertiary/aromatic N) is 1. The van der Waals surface area contributed by atoms with E-state index >= 15 is 0 Å². The highest BCUT2D eigenvalue weighted by atomic mass is 35.5. The molecule has 0 unspecified atom stereocenters. The molecular formula is C18H15ClN2O4. The number of ether oxygens (including phenoxy) is 1. The molecule has 1 amide bonds. The molecule has 0 saturated carbocycles. The van der Waals surface area contributed by atoms with E-state index in [2.05, 4.69) is 10.5 Å². The van der Waals surface area contributed by atoms with Crippen molar-refractivity contribution in [3.8, 4) is 17.1 Å². The minimum atomic E-state index is -0.351. The molecule has 2 heterocycles. The zero-order chi connectivity index (χ0) is 17.8. The van der Waals surface area contributed by atoms with Crippen molar-refractivity contribution in [2.45, 2.75) is 6.92 Å². The number of carbonyl (C=O) groups is 1. The number of hydrogen-bond donors (Lipinski definition) is 1. The smallest absolute Gasteiger partial charge is 0.274 e. The molecule has 0 spiro atoms. The van der Waals surface area contributed by atoms with Crippen LogP contribution in [0.25, 0.3) is 11.3 Å². The van der Waals surface area contributed by atoms with Gasteiger partial charge >= 0.3 is 0 Å². The van der Waals surface area contributed by atoms with Gasteiger partial charge in [-0.2, -0.15) is 5.10 Å². The lowest BCUT2D eigenvalue weighted by Gasteiger charge is -2.04. The summed E-state index contributed by atoms with van der Waals surface area (Å²) in [6, 6.07) is 10.5. The fraction of sp³-hybridized carbons (Fsp3) is 0.111. The maximum atomic E-state index is 11.9. The van der Waals surface area contributed by atoms with Gasteiger partial charge in [0.2, 0.25) is 0 Å². The van der Waals surface area contributed by atoms with Crippen molar-refractivity contribution in [2.24, 2.45) is 5.10 Å². The number of aryl methyl sites for hydroxylation is 1. The van der Waals surface area contributed by atoms with Crippen LogP contribution >= 0.6 is 11.6 Å². The molecule has 0 fully saturated rings. The number of amides is 1. The summed E-state index contributed by atoms with van der Waals surface area (Å²) >= 11 is 6.12. The Morgan fingerprint density at radius 2 is 2.12 bits per heavy atom. The van der Waals surface area contributed by atoms with Crippen molar-refractivity contribution in [1.82, 2.24) is 5.43 Å². The number of rotatable bonds is 5. The van der Waals surface area contributed by atoms with E-state index in [1.54, 1.807) is 44.4 Å². The molecule has 2 aromatic heterocycles. The van der Waals surface area contributed by atoms with Crippen LogP contribution < -0.4 is 10.2 Å². The first kappa shape index (κ1) is 16.9. The van der Waals surface area contributed by atoms with Crippen LogP contribution in [0, 0.1) is 6.92 Å². The quantitative estimate of drug-likeness (QED) is 0.545. The average Bonchev–Trinajstić information content (AvgIpc) is 3.23. The predicted octanol–water partition coefficient (Wildman–Crippen LogP) is 4.27. The summed E-state index contributed by atoms with van der Waals surface area (Å²) in [4.78, 5) is 11.9. The van der Waals surface area contributed by atoms with Gasteiger partial charge in [-0.25, -0.2) is 5.43 Å². The summed E-state index contributed by atoms with van der Waals surface area (Å²) in [5.41, 5.74) is 3.66. The Morgan fingerprint density at radius 3 is 2.80 bits per heavy atom. The Balaban J connectivity index is 1.68. The molecule has 0 bridgehead atoms. The molecule has 0 radical (unpaired) electrons. The first-order chi connectivity index (χ1) is 12.1. The Morgan fingerprint density at radius 1 is 1.28 bits per heavy atom. The standard InChI is InChI=1S/C18H15ClN2O4/c1-11-14(7-8-24-11)18(22)21-20-10-13-4-6-16(25-13)12-3-5-17(23-2)15(19)9-12/h3-10H,1-2H3,(H,21,22). The molecule has 3 aromatic rings. The summed E-state index contributed by atoms with van der Waals surface area (Å²) in [7, 11) is 1.56. The summed E-state index contributed by atoms with van der Waals surface area (Å²) in [5, 5.41) is 4.38. The van der Waals surface area contributed by atoms with E-state index in [-0.39, 0.29) is 5.91 Å². The topological polar surface area (TPSA) is 77.0 Å². The predicted molar refractivity (Wildman–Crippen MR) is 94.2 cm³/mol. The second-order valence-corrected chi connectivity index (χ2v) is 5.55. The number of carbonyl (C=O) groups excluding carboxylic acids is 1. The van der Waals surface area contributed by atoms with Gasteiger partial charge in [-0.05, 0) is 43.3 Å². The molecule has 3 rings (SSSR count). The summed E-state index contributed by atoms with van der Waals surface area (Å²) in [5.74, 6) is 1.89. The highest BCUT2D eigenvalue weighted by molar-refractivity contribution is 6.32. The van der Waals surface area contributed by atoms with E-state index in [0.717, 1.165) is 5.56 Å². The molecule has 0 atom stereocenters. The van der Waals surface area contributed by atoms with E-state index < -0.39 is 0 Å². The molecule has 25 heavy (non-hydrogen) atoms. The normalized spacial score (nSPS) is 11.0. The molecule has 7 heteroatoms. The summed E-state index contributed by atoms with van der Waals surface area (Å²) in [6.07, 6.45) is 2.87. The number of methoxy groups -OCH3 is 1. The molecule has 128 valence electrons. The summed E-state index contributed by atoms with van der Waals surface area (Å²) in [6.45, 7) is 1.71. The first-order valence-electron chi connectivity index (χ1n) is 7.39. The van der Waals surface area contributed by atoms with Gasteiger partial charge in [0.15, 0.2) is 0 Å². The van der Waals surface area contributed by atoms with Crippen LogP contribution in [0.2, 0.25) is 5.02 Å². The largest absolute Gasteiger partial charge is 0.495 e. The third kappa shape index (κ3) is 3.75. The van der Waals surface area contributed by atoms with Gasteiger partial charge in [0.25, 0.3) is 5.91 Å². The van der Waals surface area contributed by atoms with Crippen LogP contribution in [0.4, 0.5) is 0 Å². The summed E-state index contributed by atoms with van der Waals surface area (Å²) < 4.78 is 15.9. The van der Waals surface area contributed by atoms with Crippen LogP contribution in [-0.2, 0) is 0 Å². The van der Waals surface area contributed by atoms with Gasteiger partial charge in [-0.1, -0.05) is 11.6 Å². The Kier molecular flexibility index (Phi) is 4.90. The van der Waals surface area contributed by atoms with Gasteiger partial charge in [0.1, 0.15) is 23.0 Å². The fourth-order valence-electron chi connectivity index (χ4n) is 2.23. The van der Waals surface area contributed by atoms with Gasteiger partial charge in [0.05, 0.1) is 30.2 Å². The SMILES string of the molecule is COc1ccc(-c2ccc(C=NNC(=O)c3ccoc3C)o2)cc1Cl. The zero-order valence-corrected chi connectivity index (χ0v) is 14.3. The van der Waals surface area contributed by atoms with Crippen LogP contribution in [0.15, 0.2) is 56.6 Å². The molecule has 1 N–H and O–H groups in total. The molecule has 0 saturated heterocycles. The lowest BCUT2D eigenvalue weighted by atomic mass is 10.2. The molecule has 1 aromatic carbocycles. The van der Waals surface area contributed by atoms with E-state index in [4.69, 9.17) is 25.2 Å². The number of hydrazone groups is 1. The molecule has 0 aliphatic carbocycles. The number of nitrogens with one attached hydrogen (secondary N) is 1. The highest BCUT2D eigenvalue weighted by Crippen LogP contribution is 2.30. The van der Waals surface area contributed by atoms with Crippen molar-refractivity contribution in [3.63, 3.8) is 0 Å². The van der Waals surface area contributed by atoms with Crippen molar-refractivity contribution in [1.29, 1.82) is 0 Å². The second kappa shape index (κ2) is 7.27. The average molecular weight is 359 g/mol. The monoisotopic (exact) mass is 358 g/mol. The fourth-order valence-corrected chi connectivity index (χ4v) is 2.49. The lowest BCUT2D eigenvalue weighted by Crippen LogP contribution is -2.17. The van der Waals surface area contributed by atoms with E-state index in [1.807, 2.05) is 6.07 Å². The maximum Gasteiger partial charge on any atom is 0.274 e. The number of hydrogen-bond acceptors (Lipinski definition) is 5. The third-order valence-corrected chi connectivity index (χ3v) is 3.82.